The summed E-state index contributed by atoms with van der Waals surface area (Å²) in [5, 5.41) is 0. The van der Waals surface area contributed by atoms with Gasteiger partial charge >= 0.3 is 12.1 Å². The van der Waals surface area contributed by atoms with E-state index in [2.05, 4.69) is 4.98 Å². The Bertz CT molecular complexity index is 1140. The van der Waals surface area contributed by atoms with Gasteiger partial charge < -0.3 is 19.9 Å². The van der Waals surface area contributed by atoms with Crippen molar-refractivity contribution in [2.75, 3.05) is 6.54 Å². The minimum absolute atomic E-state index is 0.120. The Morgan fingerprint density at radius 1 is 1.09 bits per heavy atom. The fourth-order valence-electron chi connectivity index (χ4n) is 3.72. The fraction of sp³-hybridized carbons (Fsp3) is 0.500. The number of carbonyl (C=O) groups excluding carboxylic acids is 2. The number of esters is 1. The number of hydrogen-bond acceptors (Lipinski definition) is 5. The molecule has 0 spiro atoms. The van der Waals surface area contributed by atoms with Crippen molar-refractivity contribution in [3.63, 3.8) is 0 Å². The second-order valence-electron chi connectivity index (χ2n) is 9.22. The smallest absolute Gasteiger partial charge is 0.449 e. The van der Waals surface area contributed by atoms with Gasteiger partial charge in [0.2, 0.25) is 11.7 Å². The van der Waals surface area contributed by atoms with Crippen molar-refractivity contribution in [3.8, 4) is 0 Å². The Balaban J connectivity index is 1.78. The first-order chi connectivity index (χ1) is 16.1. The average Bonchev–Trinajstić information content (AvgIpc) is 3.10. The molecule has 3 rings (SSSR count). The Hall–Kier alpha value is -3.09. The van der Waals surface area contributed by atoms with Gasteiger partial charge in [-0.3, -0.25) is 4.79 Å². The Labute approximate surface area is 196 Å². The number of imidazole rings is 1. The zero-order valence-electron chi connectivity index (χ0n) is 19.2. The highest BCUT2D eigenvalue weighted by molar-refractivity contribution is 5.89. The van der Waals surface area contributed by atoms with Gasteiger partial charge in [0.25, 0.3) is 0 Å². The van der Waals surface area contributed by atoms with Gasteiger partial charge in [-0.25, -0.2) is 22.9 Å². The number of fused-ring (bicyclic) bond motifs is 1. The summed E-state index contributed by atoms with van der Waals surface area (Å²) >= 11 is 0. The van der Waals surface area contributed by atoms with Crippen LogP contribution in [0.5, 0.6) is 0 Å². The number of carbonyl (C=O) groups is 2. The molecule has 35 heavy (non-hydrogen) atoms. The van der Waals surface area contributed by atoms with Gasteiger partial charge in [0, 0.05) is 31.6 Å². The number of halogens is 6. The second kappa shape index (κ2) is 9.51. The van der Waals surface area contributed by atoms with E-state index in [0.717, 1.165) is 4.57 Å². The Morgan fingerprint density at radius 3 is 2.31 bits per heavy atom. The van der Waals surface area contributed by atoms with E-state index in [0.29, 0.717) is 12.1 Å². The molecule has 2 N–H and O–H groups in total. The summed E-state index contributed by atoms with van der Waals surface area (Å²) in [7, 11) is 0. The predicted octanol–water partition coefficient (Wildman–Crippen LogP) is 3.58. The fourth-order valence-corrected chi connectivity index (χ4v) is 3.72. The van der Waals surface area contributed by atoms with Gasteiger partial charge in [0.1, 0.15) is 11.4 Å². The van der Waals surface area contributed by atoms with Crippen molar-refractivity contribution in [1.82, 2.24) is 14.5 Å². The van der Waals surface area contributed by atoms with Gasteiger partial charge in [-0.1, -0.05) is 0 Å². The normalized spacial score (nSPS) is 15.1. The SMILES string of the molecule is CC(C)(C)OC(=O)c1nc(C(F)(F)F)n2c1CN(C(=O)C[C@H](N)Cc1cc(F)c(F)cc1F)CC2. The third-order valence-corrected chi connectivity index (χ3v) is 5.21. The molecule has 192 valence electrons. The molecule has 0 fully saturated rings. The van der Waals surface area contributed by atoms with Crippen LogP contribution in [-0.4, -0.2) is 44.5 Å². The first-order valence-corrected chi connectivity index (χ1v) is 10.6. The minimum Gasteiger partial charge on any atom is -0.455 e. The third kappa shape index (κ3) is 6.13. The number of nitrogens with zero attached hydrogens (tertiary/aromatic N) is 3. The molecular weight excluding hydrogens is 482 g/mol. The van der Waals surface area contributed by atoms with E-state index in [-0.39, 0.29) is 43.7 Å². The summed E-state index contributed by atoms with van der Waals surface area (Å²) < 4.78 is 86.9. The quantitative estimate of drug-likeness (QED) is 0.381. The number of hydrogen-bond donors (Lipinski definition) is 1. The number of amides is 1. The average molecular weight is 506 g/mol. The zero-order chi connectivity index (χ0) is 26.3. The molecular formula is C22H24F6N4O3. The van der Waals surface area contributed by atoms with Gasteiger partial charge in [-0.2, -0.15) is 13.2 Å². The maximum atomic E-state index is 13.9. The van der Waals surface area contributed by atoms with E-state index in [9.17, 15) is 35.9 Å². The minimum atomic E-state index is -4.84. The summed E-state index contributed by atoms with van der Waals surface area (Å²) in [6.07, 6.45) is -5.46. The van der Waals surface area contributed by atoms with E-state index in [1.807, 2.05) is 0 Å². The first-order valence-electron chi connectivity index (χ1n) is 10.6. The molecule has 1 amide bonds. The van der Waals surface area contributed by atoms with Crippen LogP contribution in [0, 0.1) is 17.5 Å². The standard InChI is InChI=1S/C22H24F6N4O3/c1-21(2,3)35-19(34)18-16-10-31(4-5-32(16)20(30-18)22(26,27)28)17(33)8-12(29)6-11-7-14(24)15(25)9-13(11)23/h7,9,12H,4-6,8,10,29H2,1-3H3/t12-/m1/s1. The Kier molecular flexibility index (Phi) is 7.21. The summed E-state index contributed by atoms with van der Waals surface area (Å²) in [6.45, 7) is 3.88. The van der Waals surface area contributed by atoms with Crippen LogP contribution in [-0.2, 0) is 35.2 Å². The van der Waals surface area contributed by atoms with Gasteiger partial charge in [-0.15, -0.1) is 0 Å². The second-order valence-corrected chi connectivity index (χ2v) is 9.22. The summed E-state index contributed by atoms with van der Waals surface area (Å²) in [5.41, 5.74) is 4.02. The van der Waals surface area contributed by atoms with Gasteiger partial charge in [0.05, 0.1) is 12.2 Å². The number of rotatable bonds is 5. The molecule has 1 aromatic heterocycles. The monoisotopic (exact) mass is 506 g/mol. The van der Waals surface area contributed by atoms with Gasteiger partial charge in [0.15, 0.2) is 17.3 Å². The maximum absolute atomic E-state index is 13.9. The zero-order valence-corrected chi connectivity index (χ0v) is 19.2. The van der Waals surface area contributed by atoms with Crippen LogP contribution >= 0.6 is 0 Å². The molecule has 1 atom stereocenters. The Morgan fingerprint density at radius 2 is 1.71 bits per heavy atom. The highest BCUT2D eigenvalue weighted by atomic mass is 19.4. The third-order valence-electron chi connectivity index (χ3n) is 5.21. The molecule has 1 aliphatic rings. The van der Waals surface area contributed by atoms with Gasteiger partial charge in [-0.05, 0) is 38.8 Å². The molecule has 0 bridgehead atoms. The van der Waals surface area contributed by atoms with E-state index in [1.165, 1.54) is 4.90 Å². The number of benzene rings is 1. The van der Waals surface area contributed by atoms with E-state index < -0.39 is 58.7 Å². The van der Waals surface area contributed by atoms with Crippen LogP contribution < -0.4 is 5.73 Å². The maximum Gasteiger partial charge on any atom is 0.449 e. The lowest BCUT2D eigenvalue weighted by Crippen LogP contribution is -2.42. The van der Waals surface area contributed by atoms with Crippen LogP contribution in [0.3, 0.4) is 0 Å². The number of nitrogens with two attached hydrogens (primary N) is 1. The van der Waals surface area contributed by atoms with Crippen molar-refractivity contribution < 1.29 is 40.7 Å². The van der Waals surface area contributed by atoms with Crippen molar-refractivity contribution in [2.45, 2.75) is 64.5 Å². The molecule has 13 heteroatoms. The van der Waals surface area contributed by atoms with Crippen molar-refractivity contribution >= 4 is 11.9 Å². The van der Waals surface area contributed by atoms with E-state index in [1.54, 1.807) is 20.8 Å². The lowest BCUT2D eigenvalue weighted by atomic mass is 10.0. The van der Waals surface area contributed by atoms with Crippen molar-refractivity contribution in [3.05, 3.63) is 52.4 Å². The predicted molar refractivity (Wildman–Crippen MR) is 110 cm³/mol. The molecule has 7 nitrogen and oxygen atoms in total. The van der Waals surface area contributed by atoms with E-state index >= 15 is 0 Å². The molecule has 0 radical (unpaired) electrons. The molecule has 0 saturated heterocycles. The highest BCUT2D eigenvalue weighted by Gasteiger charge is 2.42. The number of aromatic nitrogens is 2. The summed E-state index contributed by atoms with van der Waals surface area (Å²) in [4.78, 5) is 30.0. The van der Waals surface area contributed by atoms with E-state index in [4.69, 9.17) is 10.5 Å². The highest BCUT2D eigenvalue weighted by Crippen LogP contribution is 2.33. The van der Waals surface area contributed by atoms with Crippen LogP contribution in [0.2, 0.25) is 0 Å². The molecule has 0 saturated carbocycles. The number of alkyl halides is 3. The lowest BCUT2D eigenvalue weighted by molar-refractivity contribution is -0.148. The largest absolute Gasteiger partial charge is 0.455 e. The number of ether oxygens (including phenoxy) is 1. The summed E-state index contributed by atoms with van der Waals surface area (Å²) in [5.74, 6) is -6.55. The topological polar surface area (TPSA) is 90.5 Å². The van der Waals surface area contributed by atoms with Crippen LogP contribution in [0.4, 0.5) is 26.3 Å². The molecule has 0 aliphatic carbocycles. The van der Waals surface area contributed by atoms with Crippen LogP contribution in [0.25, 0.3) is 0 Å². The molecule has 1 aromatic carbocycles. The summed E-state index contributed by atoms with van der Waals surface area (Å²) in [6, 6.07) is 0.0477. The molecule has 0 unspecified atom stereocenters. The van der Waals surface area contributed by atoms with Crippen LogP contribution in [0.15, 0.2) is 12.1 Å². The van der Waals surface area contributed by atoms with Crippen molar-refractivity contribution in [1.29, 1.82) is 0 Å². The lowest BCUT2D eigenvalue weighted by Gasteiger charge is -2.30. The molecule has 2 heterocycles. The van der Waals surface area contributed by atoms with Crippen molar-refractivity contribution in [2.24, 2.45) is 5.73 Å². The molecule has 2 aromatic rings. The van der Waals surface area contributed by atoms with Crippen LogP contribution in [0.1, 0.15) is 54.8 Å². The first kappa shape index (κ1) is 26.5. The molecule has 1 aliphatic heterocycles.